The number of nitrogens with zero attached hydrogens (tertiary/aromatic N) is 2. The molecule has 1 aromatic rings. The van der Waals surface area contributed by atoms with Crippen LogP contribution in [0, 0.1) is 0 Å². The molecule has 0 radical (unpaired) electrons. The van der Waals surface area contributed by atoms with Crippen LogP contribution in [0.1, 0.15) is 25.3 Å². The normalized spacial score (nSPS) is 24.4. The zero-order chi connectivity index (χ0) is 12.8. The van der Waals surface area contributed by atoms with Gasteiger partial charge in [-0.1, -0.05) is 6.92 Å². The Kier molecular flexibility index (Phi) is 5.03. The molecule has 1 aromatic heterocycles. The number of hydrogen-bond acceptors (Lipinski definition) is 4. The zero-order valence-corrected chi connectivity index (χ0v) is 12.0. The molecule has 1 fully saturated rings. The van der Waals surface area contributed by atoms with E-state index in [0.717, 1.165) is 19.6 Å². The van der Waals surface area contributed by atoms with Crippen molar-refractivity contribution in [3.63, 3.8) is 0 Å². The second-order valence-electron chi connectivity index (χ2n) is 4.95. The fourth-order valence-electron chi connectivity index (χ4n) is 2.70. The van der Waals surface area contributed by atoms with Crippen LogP contribution in [0.5, 0.6) is 0 Å². The monoisotopic (exact) mass is 265 g/mol. The molecule has 0 aliphatic carbocycles. The van der Waals surface area contributed by atoms with Crippen LogP contribution in [-0.4, -0.2) is 40.0 Å². The lowest BCUT2D eigenvalue weighted by atomic mass is 9.92. The van der Waals surface area contributed by atoms with E-state index in [9.17, 15) is 0 Å². The van der Waals surface area contributed by atoms with E-state index < -0.39 is 0 Å². The third-order valence-corrected chi connectivity index (χ3v) is 5.18. The van der Waals surface area contributed by atoms with E-state index in [0.29, 0.717) is 0 Å². The molecule has 2 N–H and O–H groups in total. The first-order valence-corrected chi connectivity index (χ1v) is 7.88. The molecular weight excluding hydrogens is 242 g/mol. The molecule has 1 aliphatic heterocycles. The quantitative estimate of drug-likeness (QED) is 0.885. The highest BCUT2D eigenvalue weighted by atomic mass is 32.2. The Morgan fingerprint density at radius 2 is 2.22 bits per heavy atom. The smallest absolute Gasteiger partial charge is 0.0425 e. The van der Waals surface area contributed by atoms with Crippen molar-refractivity contribution in [2.75, 3.05) is 24.6 Å². The van der Waals surface area contributed by atoms with Gasteiger partial charge >= 0.3 is 0 Å². The van der Waals surface area contributed by atoms with Crippen LogP contribution in [0.2, 0.25) is 0 Å². The van der Waals surface area contributed by atoms with Crippen molar-refractivity contribution in [2.24, 2.45) is 5.73 Å². The minimum Gasteiger partial charge on any atom is -0.329 e. The fourth-order valence-corrected chi connectivity index (χ4v) is 4.02. The number of pyridine rings is 1. The molecule has 4 heteroatoms. The molecule has 0 amide bonds. The summed E-state index contributed by atoms with van der Waals surface area (Å²) in [5.74, 6) is 2.46. The maximum Gasteiger partial charge on any atom is 0.0425 e. The lowest BCUT2D eigenvalue weighted by molar-refractivity contribution is 0.100. The second kappa shape index (κ2) is 6.55. The summed E-state index contributed by atoms with van der Waals surface area (Å²) in [7, 11) is 0. The van der Waals surface area contributed by atoms with E-state index in [-0.39, 0.29) is 5.54 Å². The van der Waals surface area contributed by atoms with E-state index >= 15 is 0 Å². The van der Waals surface area contributed by atoms with Crippen molar-refractivity contribution < 1.29 is 0 Å². The number of likely N-dealkylation sites (N-methyl/N-ethyl adjacent to an activating group) is 1. The number of nitrogens with two attached hydrogens (primary N) is 1. The van der Waals surface area contributed by atoms with Crippen LogP contribution in [0.15, 0.2) is 24.5 Å². The van der Waals surface area contributed by atoms with Gasteiger partial charge in [-0.15, -0.1) is 0 Å². The van der Waals surface area contributed by atoms with E-state index in [1.54, 1.807) is 0 Å². The van der Waals surface area contributed by atoms with E-state index in [1.807, 2.05) is 24.2 Å². The van der Waals surface area contributed by atoms with Gasteiger partial charge < -0.3 is 5.73 Å². The van der Waals surface area contributed by atoms with Gasteiger partial charge in [0.15, 0.2) is 0 Å². The van der Waals surface area contributed by atoms with Crippen LogP contribution in [0.25, 0.3) is 0 Å². The van der Waals surface area contributed by atoms with Crippen molar-refractivity contribution >= 4 is 11.8 Å². The lowest BCUT2D eigenvalue weighted by Gasteiger charge is -2.45. The van der Waals surface area contributed by atoms with Crippen LogP contribution >= 0.6 is 11.8 Å². The van der Waals surface area contributed by atoms with Crippen molar-refractivity contribution in [2.45, 2.75) is 31.8 Å². The molecule has 0 saturated carbocycles. The Morgan fingerprint density at radius 3 is 2.78 bits per heavy atom. The average molecular weight is 265 g/mol. The molecule has 0 spiro atoms. The molecule has 2 rings (SSSR count). The third kappa shape index (κ3) is 3.05. The minimum atomic E-state index is 0.195. The molecule has 18 heavy (non-hydrogen) atoms. The summed E-state index contributed by atoms with van der Waals surface area (Å²) in [6, 6.07) is 4.20. The maximum absolute atomic E-state index is 6.10. The van der Waals surface area contributed by atoms with E-state index in [1.165, 1.54) is 29.9 Å². The second-order valence-corrected chi connectivity index (χ2v) is 6.06. The SMILES string of the molecule is CCN(Cc1ccncc1)C1(CN)CCCSC1. The molecule has 0 bridgehead atoms. The lowest BCUT2D eigenvalue weighted by Crippen LogP contribution is -2.56. The van der Waals surface area contributed by atoms with Crippen molar-refractivity contribution in [3.8, 4) is 0 Å². The van der Waals surface area contributed by atoms with Gasteiger partial charge in [-0.25, -0.2) is 0 Å². The van der Waals surface area contributed by atoms with Crippen LogP contribution < -0.4 is 5.73 Å². The first-order chi connectivity index (χ1) is 8.80. The van der Waals surface area contributed by atoms with Gasteiger partial charge in [0.05, 0.1) is 0 Å². The van der Waals surface area contributed by atoms with Gasteiger partial charge in [0.25, 0.3) is 0 Å². The average Bonchev–Trinajstić information content (AvgIpc) is 2.46. The van der Waals surface area contributed by atoms with Crippen LogP contribution in [0.3, 0.4) is 0 Å². The summed E-state index contributed by atoms with van der Waals surface area (Å²) in [5, 5.41) is 0. The van der Waals surface area contributed by atoms with Crippen LogP contribution in [-0.2, 0) is 6.54 Å². The molecule has 2 heterocycles. The molecule has 1 atom stereocenters. The summed E-state index contributed by atoms with van der Waals surface area (Å²) in [5.41, 5.74) is 7.63. The highest BCUT2D eigenvalue weighted by Gasteiger charge is 2.36. The third-order valence-electron chi connectivity index (χ3n) is 3.86. The summed E-state index contributed by atoms with van der Waals surface area (Å²) >= 11 is 2.05. The van der Waals surface area contributed by atoms with Crippen molar-refractivity contribution in [3.05, 3.63) is 30.1 Å². The Balaban J connectivity index is 2.11. The number of hydrogen-bond donors (Lipinski definition) is 1. The fraction of sp³-hybridized carbons (Fsp3) is 0.643. The van der Waals surface area contributed by atoms with E-state index in [4.69, 9.17) is 5.73 Å². The number of rotatable bonds is 5. The topological polar surface area (TPSA) is 42.2 Å². The molecule has 1 aliphatic rings. The van der Waals surface area contributed by atoms with E-state index in [2.05, 4.69) is 28.9 Å². The molecule has 100 valence electrons. The van der Waals surface area contributed by atoms with Gasteiger partial charge in [-0.2, -0.15) is 11.8 Å². The molecular formula is C14H23N3S. The van der Waals surface area contributed by atoms with Crippen LogP contribution in [0.4, 0.5) is 0 Å². The van der Waals surface area contributed by atoms with Crippen molar-refractivity contribution in [1.29, 1.82) is 0 Å². The number of thioether (sulfide) groups is 1. The van der Waals surface area contributed by atoms with Gasteiger partial charge in [0, 0.05) is 36.8 Å². The highest BCUT2D eigenvalue weighted by Crippen LogP contribution is 2.32. The predicted molar refractivity (Wildman–Crippen MR) is 78.7 cm³/mol. The summed E-state index contributed by atoms with van der Waals surface area (Å²) in [6.07, 6.45) is 6.26. The van der Waals surface area contributed by atoms with Gasteiger partial charge in [-0.05, 0) is 42.8 Å². The van der Waals surface area contributed by atoms with Gasteiger partial charge in [0.2, 0.25) is 0 Å². The standard InChI is InChI=1S/C14H23N3S/c1-2-17(10-13-4-7-16-8-5-13)14(11-15)6-3-9-18-12-14/h4-5,7-8H,2-3,6,9-12,15H2,1H3. The molecule has 1 saturated heterocycles. The Labute approximate surface area is 114 Å². The largest absolute Gasteiger partial charge is 0.329 e. The highest BCUT2D eigenvalue weighted by molar-refractivity contribution is 7.99. The molecule has 1 unspecified atom stereocenters. The Hall–Kier alpha value is -0.580. The Morgan fingerprint density at radius 1 is 1.44 bits per heavy atom. The van der Waals surface area contributed by atoms with Gasteiger partial charge in [-0.3, -0.25) is 9.88 Å². The number of aromatic nitrogens is 1. The summed E-state index contributed by atoms with van der Waals surface area (Å²) in [4.78, 5) is 6.63. The zero-order valence-electron chi connectivity index (χ0n) is 11.1. The minimum absolute atomic E-state index is 0.195. The van der Waals surface area contributed by atoms with Gasteiger partial charge in [0.1, 0.15) is 0 Å². The molecule has 3 nitrogen and oxygen atoms in total. The Bertz CT molecular complexity index is 349. The predicted octanol–water partition coefficient (Wildman–Crippen LogP) is 2.13. The van der Waals surface area contributed by atoms with Crippen molar-refractivity contribution in [1.82, 2.24) is 9.88 Å². The first-order valence-electron chi connectivity index (χ1n) is 6.72. The maximum atomic E-state index is 6.10. The first kappa shape index (κ1) is 13.8. The summed E-state index contributed by atoms with van der Waals surface area (Å²) in [6.45, 7) is 5.04. The molecule has 0 aromatic carbocycles. The summed E-state index contributed by atoms with van der Waals surface area (Å²) < 4.78 is 0.